The molecule has 0 saturated carbocycles. The number of nitrogens with one attached hydrogen (secondary N) is 1. The number of piperidine rings is 1. The highest BCUT2D eigenvalue weighted by Crippen LogP contribution is 2.18. The Morgan fingerprint density at radius 2 is 1.76 bits per heavy atom. The van der Waals surface area contributed by atoms with Crippen LogP contribution < -0.4 is 11.1 Å². The molecule has 0 spiro atoms. The predicted octanol–water partition coefficient (Wildman–Crippen LogP) is 0.0727. The molecule has 1 aliphatic heterocycles. The first-order chi connectivity index (χ1) is 11.7. The number of sulfonamides is 1. The molecule has 0 aromatic heterocycles. The third-order valence-electron chi connectivity index (χ3n) is 4.27. The Kier molecular flexibility index (Phi) is 6.15. The normalized spacial score (nSPS) is 16.8. The van der Waals surface area contributed by atoms with Gasteiger partial charge in [0.1, 0.15) is 0 Å². The van der Waals surface area contributed by atoms with Crippen LogP contribution in [0.5, 0.6) is 0 Å². The van der Waals surface area contributed by atoms with Crippen LogP contribution in [0.3, 0.4) is 0 Å². The van der Waals surface area contributed by atoms with Gasteiger partial charge in [0.2, 0.25) is 21.8 Å². The van der Waals surface area contributed by atoms with Crippen LogP contribution in [0.2, 0.25) is 0 Å². The molecule has 1 saturated heterocycles. The Balaban J connectivity index is 1.88. The zero-order valence-corrected chi connectivity index (χ0v) is 15.3. The molecule has 2 rings (SSSR count). The fourth-order valence-electron chi connectivity index (χ4n) is 2.70. The third kappa shape index (κ3) is 5.00. The van der Waals surface area contributed by atoms with Crippen molar-refractivity contribution >= 4 is 27.5 Å². The second-order valence-electron chi connectivity index (χ2n) is 6.31. The van der Waals surface area contributed by atoms with Gasteiger partial charge in [0, 0.05) is 25.7 Å². The van der Waals surface area contributed by atoms with Gasteiger partial charge in [-0.3, -0.25) is 14.5 Å². The lowest BCUT2D eigenvalue weighted by atomic mass is 9.96. The number of hydrogen-bond acceptors (Lipinski definition) is 5. The van der Waals surface area contributed by atoms with Crippen molar-refractivity contribution in [3.05, 3.63) is 24.3 Å². The molecule has 3 N–H and O–H groups in total. The van der Waals surface area contributed by atoms with Crippen molar-refractivity contribution in [2.24, 2.45) is 11.7 Å². The Hall–Kier alpha value is -1.97. The highest BCUT2D eigenvalue weighted by Gasteiger charge is 2.24. The summed E-state index contributed by atoms with van der Waals surface area (Å²) in [6, 6.07) is 6.05. The van der Waals surface area contributed by atoms with E-state index in [2.05, 4.69) is 5.32 Å². The predicted molar refractivity (Wildman–Crippen MR) is 94.3 cm³/mol. The fraction of sp³-hybridized carbons (Fsp3) is 0.500. The van der Waals surface area contributed by atoms with Gasteiger partial charge in [0.15, 0.2) is 0 Å². The molecule has 25 heavy (non-hydrogen) atoms. The van der Waals surface area contributed by atoms with Crippen LogP contribution in [0.1, 0.15) is 12.8 Å². The number of anilines is 1. The standard InChI is InChI=1S/C16H24N4O4S/c1-19(2)25(23,24)14-5-3-13(4-6-14)18-15(21)11-20-9-7-12(8-10-20)16(17)22/h3-6,12H,7-11H2,1-2H3,(H2,17,22)(H,18,21). The summed E-state index contributed by atoms with van der Waals surface area (Å²) < 4.78 is 25.1. The zero-order chi connectivity index (χ0) is 18.6. The van der Waals surface area contributed by atoms with Gasteiger partial charge in [-0.15, -0.1) is 0 Å². The minimum atomic E-state index is -3.48. The first-order valence-electron chi connectivity index (χ1n) is 8.04. The van der Waals surface area contributed by atoms with Crippen LogP contribution in [-0.2, 0) is 19.6 Å². The largest absolute Gasteiger partial charge is 0.369 e. The molecule has 0 bridgehead atoms. The summed E-state index contributed by atoms with van der Waals surface area (Å²) in [5, 5.41) is 2.75. The summed E-state index contributed by atoms with van der Waals surface area (Å²) in [6.07, 6.45) is 1.33. The van der Waals surface area contributed by atoms with E-state index in [1.165, 1.54) is 26.2 Å². The van der Waals surface area contributed by atoms with Crippen LogP contribution in [0, 0.1) is 5.92 Å². The number of carbonyl (C=O) groups is 2. The molecule has 1 aliphatic rings. The molecule has 1 aromatic carbocycles. The molecule has 0 unspecified atom stereocenters. The van der Waals surface area contributed by atoms with Gasteiger partial charge < -0.3 is 11.1 Å². The van der Waals surface area contributed by atoms with Crippen molar-refractivity contribution in [3.63, 3.8) is 0 Å². The Labute approximate surface area is 148 Å². The van der Waals surface area contributed by atoms with Crippen LogP contribution >= 0.6 is 0 Å². The maximum Gasteiger partial charge on any atom is 0.242 e. The van der Waals surface area contributed by atoms with Crippen molar-refractivity contribution in [2.45, 2.75) is 17.7 Å². The van der Waals surface area contributed by atoms with E-state index in [-0.39, 0.29) is 29.2 Å². The molecule has 8 nitrogen and oxygen atoms in total. The van der Waals surface area contributed by atoms with Crippen LogP contribution in [-0.4, -0.2) is 63.2 Å². The minimum absolute atomic E-state index is 0.106. The molecule has 1 aromatic rings. The number of rotatable bonds is 6. The van der Waals surface area contributed by atoms with Gasteiger partial charge in [-0.25, -0.2) is 12.7 Å². The first kappa shape index (κ1) is 19.4. The maximum atomic E-state index is 12.1. The van der Waals surface area contributed by atoms with Crippen molar-refractivity contribution < 1.29 is 18.0 Å². The molecular weight excluding hydrogens is 344 g/mol. The fourth-order valence-corrected chi connectivity index (χ4v) is 3.60. The van der Waals surface area contributed by atoms with Gasteiger partial charge in [-0.1, -0.05) is 0 Å². The van der Waals surface area contributed by atoms with E-state index in [1.54, 1.807) is 12.1 Å². The molecule has 0 atom stereocenters. The number of hydrogen-bond donors (Lipinski definition) is 2. The summed E-state index contributed by atoms with van der Waals surface area (Å²) in [6.45, 7) is 1.53. The Morgan fingerprint density at radius 1 is 1.20 bits per heavy atom. The van der Waals surface area contributed by atoms with E-state index in [1.807, 2.05) is 4.90 Å². The summed E-state index contributed by atoms with van der Waals surface area (Å²) in [4.78, 5) is 25.4. The summed E-state index contributed by atoms with van der Waals surface area (Å²) >= 11 is 0. The van der Waals surface area contributed by atoms with Crippen molar-refractivity contribution in [1.29, 1.82) is 0 Å². The van der Waals surface area contributed by atoms with Gasteiger partial charge >= 0.3 is 0 Å². The quantitative estimate of drug-likeness (QED) is 0.738. The van der Waals surface area contributed by atoms with E-state index >= 15 is 0 Å². The lowest BCUT2D eigenvalue weighted by Crippen LogP contribution is -2.42. The second kappa shape index (κ2) is 7.94. The lowest BCUT2D eigenvalue weighted by Gasteiger charge is -2.29. The molecule has 1 fully saturated rings. The number of primary amides is 1. The molecular formula is C16H24N4O4S. The molecule has 2 amide bonds. The SMILES string of the molecule is CN(C)S(=O)(=O)c1ccc(NC(=O)CN2CCC(C(N)=O)CC2)cc1. The monoisotopic (exact) mass is 368 g/mol. The average molecular weight is 368 g/mol. The molecule has 0 aliphatic carbocycles. The van der Waals surface area contributed by atoms with E-state index < -0.39 is 10.0 Å². The molecule has 9 heteroatoms. The van der Waals surface area contributed by atoms with Crippen LogP contribution in [0.25, 0.3) is 0 Å². The first-order valence-corrected chi connectivity index (χ1v) is 9.48. The zero-order valence-electron chi connectivity index (χ0n) is 14.4. The number of likely N-dealkylation sites (tertiary alicyclic amines) is 1. The molecule has 138 valence electrons. The lowest BCUT2D eigenvalue weighted by molar-refractivity contribution is -0.123. The van der Waals surface area contributed by atoms with Gasteiger partial charge in [-0.2, -0.15) is 0 Å². The highest BCUT2D eigenvalue weighted by molar-refractivity contribution is 7.89. The van der Waals surface area contributed by atoms with E-state index in [0.717, 1.165) is 4.31 Å². The number of nitrogens with zero attached hydrogens (tertiary/aromatic N) is 2. The van der Waals surface area contributed by atoms with E-state index in [9.17, 15) is 18.0 Å². The summed E-state index contributed by atoms with van der Waals surface area (Å²) in [7, 11) is -0.553. The van der Waals surface area contributed by atoms with Crippen molar-refractivity contribution in [1.82, 2.24) is 9.21 Å². The van der Waals surface area contributed by atoms with Gasteiger partial charge in [0.05, 0.1) is 11.4 Å². The van der Waals surface area contributed by atoms with Crippen molar-refractivity contribution in [2.75, 3.05) is 39.0 Å². The third-order valence-corrected chi connectivity index (χ3v) is 6.10. The Morgan fingerprint density at radius 3 is 2.24 bits per heavy atom. The number of amides is 2. The molecule has 0 radical (unpaired) electrons. The van der Waals surface area contributed by atoms with Crippen molar-refractivity contribution in [3.8, 4) is 0 Å². The smallest absolute Gasteiger partial charge is 0.242 e. The number of nitrogens with two attached hydrogens (primary N) is 1. The highest BCUT2D eigenvalue weighted by atomic mass is 32.2. The van der Waals surface area contributed by atoms with Crippen LogP contribution in [0.4, 0.5) is 5.69 Å². The number of benzene rings is 1. The summed E-state index contributed by atoms with van der Waals surface area (Å²) in [5.74, 6) is -0.567. The molecule has 1 heterocycles. The second-order valence-corrected chi connectivity index (χ2v) is 8.46. The van der Waals surface area contributed by atoms with Crippen LogP contribution in [0.15, 0.2) is 29.2 Å². The maximum absolute atomic E-state index is 12.1. The summed E-state index contributed by atoms with van der Waals surface area (Å²) in [5.41, 5.74) is 5.83. The van der Waals surface area contributed by atoms with E-state index in [0.29, 0.717) is 31.6 Å². The topological polar surface area (TPSA) is 113 Å². The average Bonchev–Trinajstić information content (AvgIpc) is 2.55. The van der Waals surface area contributed by atoms with Gasteiger partial charge in [-0.05, 0) is 50.2 Å². The van der Waals surface area contributed by atoms with Gasteiger partial charge in [0.25, 0.3) is 0 Å². The number of carbonyl (C=O) groups excluding carboxylic acids is 2. The Bertz CT molecular complexity index is 723. The van der Waals surface area contributed by atoms with E-state index in [4.69, 9.17) is 5.73 Å². The minimum Gasteiger partial charge on any atom is -0.369 e.